The second kappa shape index (κ2) is 4.53. The van der Waals surface area contributed by atoms with Crippen molar-refractivity contribution in [2.75, 3.05) is 0 Å². The van der Waals surface area contributed by atoms with E-state index in [4.69, 9.17) is 5.41 Å². The van der Waals surface area contributed by atoms with Gasteiger partial charge in [-0.1, -0.05) is 0 Å². The van der Waals surface area contributed by atoms with Gasteiger partial charge in [-0.25, -0.2) is 0 Å². The molecule has 0 bridgehead atoms. The molecule has 0 saturated heterocycles. The van der Waals surface area contributed by atoms with Crippen LogP contribution in [0.1, 0.15) is 19.8 Å². The second-order valence-corrected chi connectivity index (χ2v) is 2.48. The molecule has 0 aliphatic carbocycles. The van der Waals surface area contributed by atoms with E-state index in [2.05, 4.69) is 21.3 Å². The van der Waals surface area contributed by atoms with Crippen LogP contribution in [0.2, 0.25) is 0 Å². The van der Waals surface area contributed by atoms with Crippen molar-refractivity contribution in [1.29, 1.82) is 5.41 Å². The summed E-state index contributed by atoms with van der Waals surface area (Å²) < 4.78 is 0.0912. The van der Waals surface area contributed by atoms with Crippen molar-refractivity contribution in [2.24, 2.45) is 0 Å². The van der Waals surface area contributed by atoms with Crippen LogP contribution in [-0.4, -0.2) is 26.7 Å². The maximum absolute atomic E-state index is 10.6. The number of nitrogens with one attached hydrogen (secondary N) is 2. The molecule has 0 spiro atoms. The molecular formula is C5H9N2OSe. The summed E-state index contributed by atoms with van der Waals surface area (Å²) in [6.45, 7) is 1.92. The Bertz CT molecular complexity index is 124. The first-order valence-corrected chi connectivity index (χ1v) is 3.58. The first-order valence-electron chi connectivity index (χ1n) is 2.72. The summed E-state index contributed by atoms with van der Waals surface area (Å²) >= 11 is 2.38. The van der Waals surface area contributed by atoms with Crippen LogP contribution in [0.4, 0.5) is 0 Å². The summed E-state index contributed by atoms with van der Waals surface area (Å²) in [6, 6.07) is 0. The van der Waals surface area contributed by atoms with Gasteiger partial charge in [0.2, 0.25) is 0 Å². The zero-order chi connectivity index (χ0) is 7.28. The number of carbonyl (C=O) groups is 1. The van der Waals surface area contributed by atoms with Crippen molar-refractivity contribution in [1.82, 2.24) is 5.32 Å². The molecular weight excluding hydrogens is 183 g/mol. The molecule has 0 atom stereocenters. The van der Waals surface area contributed by atoms with Crippen molar-refractivity contribution in [3.05, 3.63) is 0 Å². The van der Waals surface area contributed by atoms with E-state index in [0.29, 0.717) is 6.42 Å². The first-order chi connectivity index (χ1) is 4.16. The van der Waals surface area contributed by atoms with Gasteiger partial charge < -0.3 is 0 Å². The molecule has 1 amide bonds. The van der Waals surface area contributed by atoms with Gasteiger partial charge in [0.25, 0.3) is 0 Å². The van der Waals surface area contributed by atoms with Crippen LogP contribution in [0.15, 0.2) is 0 Å². The van der Waals surface area contributed by atoms with Gasteiger partial charge in [0.15, 0.2) is 0 Å². The molecule has 2 N–H and O–H groups in total. The molecule has 0 aliphatic rings. The minimum atomic E-state index is -0.0961. The number of hydrogen-bond donors (Lipinski definition) is 2. The summed E-state index contributed by atoms with van der Waals surface area (Å²) in [4.78, 5) is 10.6. The molecule has 0 aromatic heterocycles. The van der Waals surface area contributed by atoms with Crippen LogP contribution in [0.5, 0.6) is 0 Å². The molecule has 0 fully saturated rings. The molecule has 0 rings (SSSR count). The number of amides is 1. The van der Waals surface area contributed by atoms with Gasteiger partial charge in [0.1, 0.15) is 0 Å². The van der Waals surface area contributed by atoms with Crippen LogP contribution in [0, 0.1) is 5.41 Å². The van der Waals surface area contributed by atoms with Crippen molar-refractivity contribution in [2.45, 2.75) is 19.8 Å². The molecule has 9 heavy (non-hydrogen) atoms. The van der Waals surface area contributed by atoms with E-state index < -0.39 is 0 Å². The number of rotatable bonds is 2. The van der Waals surface area contributed by atoms with Gasteiger partial charge in [-0.2, -0.15) is 0 Å². The SMILES string of the molecule is CCCC(=O)NC(=N)[Se]. The Hall–Kier alpha value is -0.341. The average Bonchev–Trinajstić information content (AvgIpc) is 1.63. The van der Waals surface area contributed by atoms with Gasteiger partial charge in [-0.3, -0.25) is 0 Å². The molecule has 0 saturated carbocycles. The zero-order valence-electron chi connectivity index (χ0n) is 5.23. The quantitative estimate of drug-likeness (QED) is 0.361. The number of hydrogen-bond acceptors (Lipinski definition) is 2. The van der Waals surface area contributed by atoms with Gasteiger partial charge in [0, 0.05) is 0 Å². The molecule has 51 valence electrons. The van der Waals surface area contributed by atoms with E-state index in [1.165, 1.54) is 0 Å². The maximum atomic E-state index is 10.6. The van der Waals surface area contributed by atoms with E-state index >= 15 is 0 Å². The minimum absolute atomic E-state index is 0.0912. The predicted molar refractivity (Wildman–Crippen MR) is 36.5 cm³/mol. The fraction of sp³-hybridized carbons (Fsp3) is 0.600. The van der Waals surface area contributed by atoms with E-state index in [1.54, 1.807) is 0 Å². The molecule has 0 aliphatic heterocycles. The Labute approximate surface area is 62.5 Å². The fourth-order valence-electron chi connectivity index (χ4n) is 0.416. The standard InChI is InChI=1S/C5H9N2OSe/c1-2-3-4(8)7-5(6)9/h2-3H2,1H3,(H2,6,7,8). The van der Waals surface area contributed by atoms with E-state index in [-0.39, 0.29) is 10.6 Å². The van der Waals surface area contributed by atoms with Crippen LogP contribution in [0.3, 0.4) is 0 Å². The van der Waals surface area contributed by atoms with Crippen molar-refractivity contribution >= 4 is 26.7 Å². The summed E-state index contributed by atoms with van der Waals surface area (Å²) in [5, 5.41) is 9.15. The van der Waals surface area contributed by atoms with Crippen molar-refractivity contribution < 1.29 is 4.79 Å². The topological polar surface area (TPSA) is 53.0 Å². The summed E-state index contributed by atoms with van der Waals surface area (Å²) in [5.74, 6) is -0.0961. The van der Waals surface area contributed by atoms with Crippen LogP contribution < -0.4 is 5.32 Å². The Morgan fingerprint density at radius 3 is 2.67 bits per heavy atom. The summed E-state index contributed by atoms with van der Waals surface area (Å²) in [6.07, 6.45) is 1.31. The Morgan fingerprint density at radius 1 is 1.78 bits per heavy atom. The third-order valence-electron chi connectivity index (χ3n) is 0.730. The number of amidine groups is 1. The van der Waals surface area contributed by atoms with E-state index in [1.807, 2.05) is 6.92 Å². The summed E-state index contributed by atoms with van der Waals surface area (Å²) in [7, 11) is 0. The van der Waals surface area contributed by atoms with E-state index in [0.717, 1.165) is 6.42 Å². The normalized spacial score (nSPS) is 8.56. The van der Waals surface area contributed by atoms with Crippen LogP contribution >= 0.6 is 0 Å². The Morgan fingerprint density at radius 2 is 2.33 bits per heavy atom. The summed E-state index contributed by atoms with van der Waals surface area (Å²) in [5.41, 5.74) is 0. The van der Waals surface area contributed by atoms with Crippen LogP contribution in [0.25, 0.3) is 0 Å². The molecule has 0 unspecified atom stereocenters. The van der Waals surface area contributed by atoms with Gasteiger partial charge in [-0.05, 0) is 0 Å². The fourth-order valence-corrected chi connectivity index (χ4v) is 0.655. The monoisotopic (exact) mass is 193 g/mol. The molecule has 0 aromatic rings. The average molecular weight is 192 g/mol. The zero-order valence-corrected chi connectivity index (χ0v) is 6.94. The van der Waals surface area contributed by atoms with Crippen molar-refractivity contribution in [3.8, 4) is 0 Å². The molecule has 3 nitrogen and oxygen atoms in total. The van der Waals surface area contributed by atoms with Crippen molar-refractivity contribution in [3.63, 3.8) is 0 Å². The molecule has 0 aromatic carbocycles. The third-order valence-corrected chi connectivity index (χ3v) is 0.944. The predicted octanol–water partition coefficient (Wildman–Crippen LogP) is 0.00597. The van der Waals surface area contributed by atoms with Gasteiger partial charge >= 0.3 is 61.9 Å². The molecule has 1 radical (unpaired) electrons. The molecule has 4 heteroatoms. The Balaban J connectivity index is 3.39. The van der Waals surface area contributed by atoms with Gasteiger partial charge in [0.05, 0.1) is 0 Å². The van der Waals surface area contributed by atoms with E-state index in [9.17, 15) is 4.79 Å². The second-order valence-electron chi connectivity index (χ2n) is 1.63. The molecule has 0 heterocycles. The third kappa shape index (κ3) is 5.53. The van der Waals surface area contributed by atoms with Crippen LogP contribution in [-0.2, 0) is 4.79 Å². The number of carbonyl (C=O) groups excluding carboxylic acids is 1. The Kier molecular flexibility index (Phi) is 4.36. The van der Waals surface area contributed by atoms with Gasteiger partial charge in [-0.15, -0.1) is 0 Å². The first kappa shape index (κ1) is 8.66.